The lowest BCUT2D eigenvalue weighted by atomic mass is 9.81. The molecule has 4 N–H and O–H groups in total. The lowest BCUT2D eigenvalue weighted by Crippen LogP contribution is -2.30. The van der Waals surface area contributed by atoms with Crippen molar-refractivity contribution in [1.82, 2.24) is 15.3 Å². The number of benzene rings is 1. The van der Waals surface area contributed by atoms with Gasteiger partial charge >= 0.3 is 0 Å². The maximum Gasteiger partial charge on any atom is 0.270 e. The van der Waals surface area contributed by atoms with Crippen molar-refractivity contribution in [2.75, 3.05) is 18.4 Å². The monoisotopic (exact) mass is 435 g/mol. The van der Waals surface area contributed by atoms with Crippen molar-refractivity contribution < 1.29 is 9.59 Å². The van der Waals surface area contributed by atoms with E-state index in [0.29, 0.717) is 27.4 Å². The van der Waals surface area contributed by atoms with E-state index in [4.69, 9.17) is 5.73 Å². The summed E-state index contributed by atoms with van der Waals surface area (Å²) >= 11 is 1.21. The van der Waals surface area contributed by atoms with Gasteiger partial charge in [0.25, 0.3) is 11.8 Å². The molecule has 4 rings (SSSR count). The summed E-state index contributed by atoms with van der Waals surface area (Å²) in [5, 5.41) is 7.14. The summed E-state index contributed by atoms with van der Waals surface area (Å²) < 4.78 is 0. The molecule has 160 valence electrons. The number of rotatable bonds is 6. The molecule has 1 fully saturated rings. The fourth-order valence-electron chi connectivity index (χ4n) is 3.92. The largest absolute Gasteiger partial charge is 0.364 e. The molecule has 0 aliphatic carbocycles. The summed E-state index contributed by atoms with van der Waals surface area (Å²) in [7, 11) is 0. The number of thiazole rings is 1. The van der Waals surface area contributed by atoms with Gasteiger partial charge in [0.15, 0.2) is 5.69 Å². The Labute approximate surface area is 185 Å². The van der Waals surface area contributed by atoms with Crippen LogP contribution in [-0.4, -0.2) is 34.9 Å². The zero-order valence-corrected chi connectivity index (χ0v) is 18.1. The van der Waals surface area contributed by atoms with E-state index in [-0.39, 0.29) is 11.6 Å². The van der Waals surface area contributed by atoms with E-state index < -0.39 is 5.91 Å². The molecular formula is C23H25N5O2S. The highest BCUT2D eigenvalue weighted by Crippen LogP contribution is 2.33. The smallest absolute Gasteiger partial charge is 0.270 e. The number of nitrogens with one attached hydrogen (secondary N) is 2. The Morgan fingerprint density at radius 2 is 1.81 bits per heavy atom. The number of anilines is 1. The zero-order valence-electron chi connectivity index (χ0n) is 17.3. The molecule has 0 bridgehead atoms. The highest BCUT2D eigenvalue weighted by atomic mass is 32.1. The highest BCUT2D eigenvalue weighted by Gasteiger charge is 2.22. The number of nitrogens with zero attached hydrogens (tertiary/aromatic N) is 2. The first kappa shape index (κ1) is 21.1. The number of carbonyl (C=O) groups is 2. The number of pyridine rings is 1. The molecule has 0 saturated carbocycles. The van der Waals surface area contributed by atoms with Crippen molar-refractivity contribution >= 4 is 28.2 Å². The molecule has 3 aromatic rings. The third-order valence-corrected chi connectivity index (χ3v) is 6.82. The second kappa shape index (κ2) is 9.36. The van der Waals surface area contributed by atoms with E-state index in [0.717, 1.165) is 18.7 Å². The quantitative estimate of drug-likeness (QED) is 0.547. The molecule has 0 spiro atoms. The number of carbonyl (C=O) groups excluding carboxylic acids is 2. The topological polar surface area (TPSA) is 110 Å². The summed E-state index contributed by atoms with van der Waals surface area (Å²) in [4.78, 5) is 33.0. The highest BCUT2D eigenvalue weighted by molar-refractivity contribution is 7.19. The minimum absolute atomic E-state index is 0.0568. The lowest BCUT2D eigenvalue weighted by molar-refractivity contribution is 0.0997. The molecule has 2 amide bonds. The van der Waals surface area contributed by atoms with Gasteiger partial charge in [-0.05, 0) is 67.6 Å². The number of piperidine rings is 1. The molecule has 0 radical (unpaired) electrons. The number of aromatic nitrogens is 2. The Hall–Kier alpha value is -3.10. The molecule has 1 aromatic carbocycles. The first-order valence-corrected chi connectivity index (χ1v) is 11.2. The van der Waals surface area contributed by atoms with E-state index >= 15 is 0 Å². The maximum absolute atomic E-state index is 12.8. The van der Waals surface area contributed by atoms with Crippen LogP contribution in [0.1, 0.15) is 52.1 Å². The predicted molar refractivity (Wildman–Crippen MR) is 122 cm³/mol. The second-order valence-corrected chi connectivity index (χ2v) is 8.75. The van der Waals surface area contributed by atoms with Gasteiger partial charge in [0, 0.05) is 23.5 Å². The van der Waals surface area contributed by atoms with E-state index in [9.17, 15) is 9.59 Å². The van der Waals surface area contributed by atoms with E-state index in [1.807, 2.05) is 24.3 Å². The number of amides is 2. The predicted octanol–water partition coefficient (Wildman–Crippen LogP) is 3.66. The Bertz CT molecular complexity index is 1060. The van der Waals surface area contributed by atoms with Crippen LogP contribution >= 0.6 is 11.3 Å². The molecule has 1 aliphatic rings. The summed E-state index contributed by atoms with van der Waals surface area (Å²) in [5.41, 5.74) is 8.10. The van der Waals surface area contributed by atoms with Crippen LogP contribution in [0.3, 0.4) is 0 Å². The molecule has 3 heterocycles. The molecule has 1 saturated heterocycles. The first-order chi connectivity index (χ1) is 15.0. The molecule has 7 nitrogen and oxygen atoms in total. The van der Waals surface area contributed by atoms with Crippen molar-refractivity contribution in [2.45, 2.75) is 25.7 Å². The number of hydrogen-bond donors (Lipinski definition) is 3. The van der Waals surface area contributed by atoms with Crippen LogP contribution in [0.5, 0.6) is 0 Å². The third-order valence-electron chi connectivity index (χ3n) is 5.80. The second-order valence-electron chi connectivity index (χ2n) is 7.75. The van der Waals surface area contributed by atoms with Crippen molar-refractivity contribution in [3.05, 3.63) is 65.6 Å². The fourth-order valence-corrected chi connectivity index (χ4v) is 4.89. The molecule has 31 heavy (non-hydrogen) atoms. The van der Waals surface area contributed by atoms with Crippen LogP contribution in [0, 0.1) is 5.92 Å². The Kier molecular flexibility index (Phi) is 6.39. The minimum Gasteiger partial charge on any atom is -0.364 e. The van der Waals surface area contributed by atoms with Crippen molar-refractivity contribution in [3.8, 4) is 10.6 Å². The van der Waals surface area contributed by atoms with Gasteiger partial charge in [-0.3, -0.25) is 14.6 Å². The molecule has 1 aliphatic heterocycles. The standard InChI is InChI=1S/C23H25N5O2S/c1-14(16-6-10-25-11-7-16)15-2-4-17(5-3-15)21(30)28-23-19(20(24)29)27-22(31-23)18-8-12-26-13-9-18/h2-5,8-9,12-14,16,25H,6-7,10-11H2,1H3,(H2,24,29)(H,28,30). The summed E-state index contributed by atoms with van der Waals surface area (Å²) in [6.45, 7) is 4.38. The molecule has 2 aromatic heterocycles. The van der Waals surface area contributed by atoms with Gasteiger partial charge in [-0.25, -0.2) is 4.98 Å². The van der Waals surface area contributed by atoms with E-state index in [2.05, 4.69) is 27.5 Å². The van der Waals surface area contributed by atoms with Gasteiger partial charge in [-0.15, -0.1) is 0 Å². The van der Waals surface area contributed by atoms with Gasteiger partial charge in [0.05, 0.1) is 0 Å². The van der Waals surface area contributed by atoms with Gasteiger partial charge in [0.2, 0.25) is 0 Å². The Morgan fingerprint density at radius 3 is 2.45 bits per heavy atom. The lowest BCUT2D eigenvalue weighted by Gasteiger charge is -2.28. The van der Waals surface area contributed by atoms with Crippen molar-refractivity contribution in [2.24, 2.45) is 11.7 Å². The summed E-state index contributed by atoms with van der Waals surface area (Å²) in [6, 6.07) is 11.3. The molecule has 8 heteroatoms. The summed E-state index contributed by atoms with van der Waals surface area (Å²) in [6.07, 6.45) is 5.63. The van der Waals surface area contributed by atoms with Crippen LogP contribution in [0.2, 0.25) is 0 Å². The summed E-state index contributed by atoms with van der Waals surface area (Å²) in [5.74, 6) is 0.124. The van der Waals surface area contributed by atoms with Gasteiger partial charge in [-0.1, -0.05) is 30.4 Å². The first-order valence-electron chi connectivity index (χ1n) is 10.4. The van der Waals surface area contributed by atoms with E-state index in [1.165, 1.54) is 29.7 Å². The number of hydrogen-bond acceptors (Lipinski definition) is 6. The van der Waals surface area contributed by atoms with Gasteiger partial charge in [0.1, 0.15) is 10.0 Å². The van der Waals surface area contributed by atoms with Crippen molar-refractivity contribution in [3.63, 3.8) is 0 Å². The SMILES string of the molecule is CC(c1ccc(C(=O)Nc2sc(-c3ccncc3)nc2C(N)=O)cc1)C1CCNCC1. The zero-order chi connectivity index (χ0) is 21.8. The van der Waals surface area contributed by atoms with Crippen LogP contribution in [0.25, 0.3) is 10.6 Å². The Morgan fingerprint density at radius 1 is 1.13 bits per heavy atom. The molecule has 1 unspecified atom stereocenters. The fraction of sp³-hybridized carbons (Fsp3) is 0.304. The average molecular weight is 436 g/mol. The number of nitrogens with two attached hydrogens (primary N) is 1. The Balaban J connectivity index is 1.50. The van der Waals surface area contributed by atoms with Crippen molar-refractivity contribution in [1.29, 1.82) is 0 Å². The van der Waals surface area contributed by atoms with Crippen LogP contribution in [0.15, 0.2) is 48.8 Å². The molecule has 1 atom stereocenters. The van der Waals surface area contributed by atoms with Crippen LogP contribution in [-0.2, 0) is 0 Å². The van der Waals surface area contributed by atoms with Crippen LogP contribution in [0.4, 0.5) is 5.00 Å². The maximum atomic E-state index is 12.8. The van der Waals surface area contributed by atoms with Gasteiger partial charge in [-0.2, -0.15) is 0 Å². The minimum atomic E-state index is -0.682. The van der Waals surface area contributed by atoms with E-state index in [1.54, 1.807) is 24.5 Å². The van der Waals surface area contributed by atoms with Gasteiger partial charge < -0.3 is 16.4 Å². The third kappa shape index (κ3) is 4.81. The average Bonchev–Trinajstić information content (AvgIpc) is 3.24. The van der Waals surface area contributed by atoms with Crippen LogP contribution < -0.4 is 16.4 Å². The molecular weight excluding hydrogens is 410 g/mol. The normalized spacial score (nSPS) is 15.4. The number of primary amides is 1.